The van der Waals surface area contributed by atoms with E-state index in [9.17, 15) is 29.7 Å². The van der Waals surface area contributed by atoms with Crippen molar-refractivity contribution in [3.8, 4) is 0 Å². The summed E-state index contributed by atoms with van der Waals surface area (Å²) in [6.07, 6.45) is -7.17. The van der Waals surface area contributed by atoms with Crippen LogP contribution in [0.15, 0.2) is 24.3 Å². The lowest BCUT2D eigenvalue weighted by molar-refractivity contribution is -0.172. The smallest absolute Gasteiger partial charge is 0.333 e. The molecule has 0 aliphatic carbocycles. The predicted octanol–water partition coefficient (Wildman–Crippen LogP) is -1.12. The van der Waals surface area contributed by atoms with Crippen LogP contribution < -0.4 is 0 Å². The van der Waals surface area contributed by atoms with Crippen LogP contribution in [0.5, 0.6) is 0 Å². The fourth-order valence-electron chi connectivity index (χ4n) is 1.22. The summed E-state index contributed by atoms with van der Waals surface area (Å²) < 4.78 is 9.58. The van der Waals surface area contributed by atoms with E-state index in [-0.39, 0.29) is 17.4 Å². The molecule has 0 spiro atoms. The van der Waals surface area contributed by atoms with Gasteiger partial charge in [0, 0.05) is 11.1 Å². The molecule has 124 valence electrons. The van der Waals surface area contributed by atoms with Crippen LogP contribution >= 0.6 is 0 Å². The minimum absolute atomic E-state index is 0.00538. The van der Waals surface area contributed by atoms with Crippen molar-refractivity contribution in [2.45, 2.75) is 38.3 Å². The molecule has 8 heteroatoms. The summed E-state index contributed by atoms with van der Waals surface area (Å²) >= 11 is 0. The molecule has 8 nitrogen and oxygen atoms in total. The summed E-state index contributed by atoms with van der Waals surface area (Å²) in [5.74, 6) is -1.70. The number of aldehydes is 1. The highest BCUT2D eigenvalue weighted by Crippen LogP contribution is 2.11. The summed E-state index contributed by atoms with van der Waals surface area (Å²) in [6.45, 7) is 8.82. The molecule has 0 aliphatic heterocycles. The fourth-order valence-corrected chi connectivity index (χ4v) is 1.22. The lowest BCUT2D eigenvalue weighted by atomic mass is 10.0. The van der Waals surface area contributed by atoms with Crippen molar-refractivity contribution in [2.24, 2.45) is 0 Å². The monoisotopic (exact) mass is 316 g/mol. The molecule has 0 radical (unpaired) electrons. The summed E-state index contributed by atoms with van der Waals surface area (Å²) in [7, 11) is 0. The van der Waals surface area contributed by atoms with Crippen LogP contribution in [-0.2, 0) is 23.9 Å². The van der Waals surface area contributed by atoms with Crippen LogP contribution in [0.1, 0.15) is 13.8 Å². The topological polar surface area (TPSA) is 130 Å². The van der Waals surface area contributed by atoms with Crippen molar-refractivity contribution in [2.75, 3.05) is 6.61 Å². The van der Waals surface area contributed by atoms with Gasteiger partial charge in [-0.15, -0.1) is 0 Å². The molecule has 0 saturated carbocycles. The van der Waals surface area contributed by atoms with E-state index in [0.717, 1.165) is 0 Å². The first-order valence-corrected chi connectivity index (χ1v) is 6.30. The number of hydrogen-bond acceptors (Lipinski definition) is 8. The number of rotatable bonds is 9. The zero-order chi connectivity index (χ0) is 17.4. The van der Waals surface area contributed by atoms with Crippen molar-refractivity contribution in [1.29, 1.82) is 0 Å². The Bertz CT molecular complexity index is 456. The third kappa shape index (κ3) is 6.17. The summed E-state index contributed by atoms with van der Waals surface area (Å²) in [5, 5.41) is 28.6. The summed E-state index contributed by atoms with van der Waals surface area (Å²) in [4.78, 5) is 33.2. The standard InChI is InChI=1S/C14H20O8/c1-7(2)13(19)21-6-10(22-14(20)8(3)4)12(18)11(17)9(16)5-15/h5,9-12,16-18H,1,3,6H2,2,4H3/t9-,10+,11+,12-/m0/s1. The summed E-state index contributed by atoms with van der Waals surface area (Å²) in [6, 6.07) is 0. The van der Waals surface area contributed by atoms with Gasteiger partial charge in [0.05, 0.1) is 0 Å². The third-order valence-corrected chi connectivity index (χ3v) is 2.55. The van der Waals surface area contributed by atoms with Gasteiger partial charge >= 0.3 is 11.9 Å². The van der Waals surface area contributed by atoms with Crippen LogP contribution in [0.3, 0.4) is 0 Å². The van der Waals surface area contributed by atoms with Gasteiger partial charge in [0.25, 0.3) is 0 Å². The molecule has 0 saturated heterocycles. The van der Waals surface area contributed by atoms with Crippen molar-refractivity contribution < 1.29 is 39.2 Å². The Morgan fingerprint density at radius 1 is 1.05 bits per heavy atom. The number of carbonyl (C=O) groups is 3. The molecule has 0 aromatic rings. The maximum absolute atomic E-state index is 11.5. The maximum Gasteiger partial charge on any atom is 0.333 e. The van der Waals surface area contributed by atoms with Gasteiger partial charge in [-0.2, -0.15) is 0 Å². The highest BCUT2D eigenvalue weighted by atomic mass is 16.6. The largest absolute Gasteiger partial charge is 0.458 e. The van der Waals surface area contributed by atoms with Crippen molar-refractivity contribution in [3.63, 3.8) is 0 Å². The van der Waals surface area contributed by atoms with Crippen LogP contribution in [0, 0.1) is 0 Å². The van der Waals surface area contributed by atoms with Gasteiger partial charge in [0.15, 0.2) is 12.4 Å². The van der Waals surface area contributed by atoms with Crippen LogP contribution in [0.4, 0.5) is 0 Å². The molecule has 22 heavy (non-hydrogen) atoms. The van der Waals surface area contributed by atoms with E-state index in [0.29, 0.717) is 0 Å². The first-order valence-electron chi connectivity index (χ1n) is 6.30. The Kier molecular flexibility index (Phi) is 8.24. The van der Waals surface area contributed by atoms with Crippen molar-refractivity contribution in [1.82, 2.24) is 0 Å². The molecule has 0 bridgehead atoms. The second-order valence-electron chi connectivity index (χ2n) is 4.71. The molecule has 0 aliphatic rings. The minimum atomic E-state index is -1.93. The highest BCUT2D eigenvalue weighted by molar-refractivity contribution is 5.87. The lowest BCUT2D eigenvalue weighted by Gasteiger charge is -2.27. The van der Waals surface area contributed by atoms with E-state index in [1.807, 2.05) is 0 Å². The van der Waals surface area contributed by atoms with E-state index < -0.39 is 43.0 Å². The Morgan fingerprint density at radius 2 is 1.55 bits per heavy atom. The van der Waals surface area contributed by atoms with E-state index in [1.165, 1.54) is 13.8 Å². The van der Waals surface area contributed by atoms with E-state index >= 15 is 0 Å². The zero-order valence-corrected chi connectivity index (χ0v) is 12.4. The average Bonchev–Trinajstić information content (AvgIpc) is 2.47. The summed E-state index contributed by atoms with van der Waals surface area (Å²) in [5.41, 5.74) is 0.0850. The van der Waals surface area contributed by atoms with Gasteiger partial charge in [0.2, 0.25) is 0 Å². The van der Waals surface area contributed by atoms with Gasteiger partial charge < -0.3 is 29.6 Å². The molecule has 0 aromatic heterocycles. The minimum Gasteiger partial charge on any atom is -0.458 e. The average molecular weight is 316 g/mol. The van der Waals surface area contributed by atoms with Gasteiger partial charge in [0.1, 0.15) is 24.9 Å². The van der Waals surface area contributed by atoms with E-state index in [4.69, 9.17) is 9.47 Å². The van der Waals surface area contributed by atoms with Crippen LogP contribution in [-0.4, -0.2) is 64.6 Å². The maximum atomic E-state index is 11.5. The first-order chi connectivity index (χ1) is 10.1. The number of aliphatic hydroxyl groups is 3. The Hall–Kier alpha value is -2.03. The number of hydrogen-bond donors (Lipinski definition) is 3. The quantitative estimate of drug-likeness (QED) is 0.277. The molecule has 0 rings (SSSR count). The van der Waals surface area contributed by atoms with Gasteiger partial charge in [-0.3, -0.25) is 0 Å². The molecule has 0 heterocycles. The van der Waals surface area contributed by atoms with Gasteiger partial charge in [-0.25, -0.2) is 9.59 Å². The SMILES string of the molecule is C=C(C)C(=O)OC[C@@H](OC(=O)C(=C)C)[C@H](O)[C@H](O)[C@@H](O)C=O. The number of carbonyl (C=O) groups excluding carboxylic acids is 3. The zero-order valence-electron chi connectivity index (χ0n) is 12.4. The van der Waals surface area contributed by atoms with Crippen molar-refractivity contribution in [3.05, 3.63) is 24.3 Å². The Morgan fingerprint density at radius 3 is 1.95 bits per heavy atom. The van der Waals surface area contributed by atoms with Crippen LogP contribution in [0.2, 0.25) is 0 Å². The molecule has 0 amide bonds. The van der Waals surface area contributed by atoms with E-state index in [1.54, 1.807) is 0 Å². The molecular formula is C14H20O8. The molecule has 0 unspecified atom stereocenters. The molecule has 4 atom stereocenters. The van der Waals surface area contributed by atoms with Gasteiger partial charge in [-0.05, 0) is 13.8 Å². The predicted molar refractivity (Wildman–Crippen MR) is 74.6 cm³/mol. The molecule has 3 N–H and O–H groups in total. The van der Waals surface area contributed by atoms with Crippen molar-refractivity contribution >= 4 is 18.2 Å². The third-order valence-electron chi connectivity index (χ3n) is 2.55. The van der Waals surface area contributed by atoms with Crippen LogP contribution in [0.25, 0.3) is 0 Å². The Labute approximate surface area is 127 Å². The number of ether oxygens (including phenoxy) is 2. The number of esters is 2. The second-order valence-corrected chi connectivity index (χ2v) is 4.71. The molecule has 0 aromatic carbocycles. The molecular weight excluding hydrogens is 296 g/mol. The normalized spacial score (nSPS) is 15.9. The molecule has 0 fully saturated rings. The number of aliphatic hydroxyl groups excluding tert-OH is 3. The fraction of sp³-hybridized carbons (Fsp3) is 0.500. The van der Waals surface area contributed by atoms with Gasteiger partial charge in [-0.1, -0.05) is 13.2 Å². The first kappa shape index (κ1) is 20.0. The second kappa shape index (κ2) is 9.08. The Balaban J connectivity index is 5.02. The van der Waals surface area contributed by atoms with E-state index in [2.05, 4.69) is 13.2 Å². The highest BCUT2D eigenvalue weighted by Gasteiger charge is 2.34. The lowest BCUT2D eigenvalue weighted by Crippen LogP contribution is -2.48.